The molecule has 1 amide bonds. The van der Waals surface area contributed by atoms with Gasteiger partial charge < -0.3 is 9.30 Å². The van der Waals surface area contributed by atoms with Crippen LogP contribution >= 0.6 is 11.3 Å². The standard InChI is InChI=1S/C23H26N2O3S/c1-6-28-21(27)13-25-19-10-14(2)9-17(5)22(19)29-23(25)24-20(26)12-18-8-7-15(3)16(4)11-18/h7-11H,6,12-13H2,1-5H3. The summed E-state index contributed by atoms with van der Waals surface area (Å²) in [5, 5.41) is 0. The summed E-state index contributed by atoms with van der Waals surface area (Å²) in [4.78, 5) is 29.7. The zero-order valence-corrected chi connectivity index (χ0v) is 18.4. The molecule has 0 atom stereocenters. The van der Waals surface area contributed by atoms with Gasteiger partial charge in [0.05, 0.1) is 23.2 Å². The van der Waals surface area contributed by atoms with E-state index in [0.29, 0.717) is 11.4 Å². The summed E-state index contributed by atoms with van der Waals surface area (Å²) >= 11 is 1.43. The predicted octanol–water partition coefficient (Wildman–Crippen LogP) is 4.17. The Balaban J connectivity index is 2.04. The second-order valence-corrected chi connectivity index (χ2v) is 8.28. The second-order valence-electron chi connectivity index (χ2n) is 7.31. The Kier molecular flexibility index (Phi) is 6.33. The van der Waals surface area contributed by atoms with Gasteiger partial charge in [0.2, 0.25) is 0 Å². The number of carbonyl (C=O) groups excluding carboxylic acids is 2. The lowest BCUT2D eigenvalue weighted by atomic mass is 10.0. The number of benzene rings is 2. The molecule has 0 aliphatic carbocycles. The van der Waals surface area contributed by atoms with E-state index in [1.807, 2.05) is 52.0 Å². The summed E-state index contributed by atoms with van der Waals surface area (Å²) in [5.74, 6) is -0.568. The molecule has 29 heavy (non-hydrogen) atoms. The molecule has 1 aromatic heterocycles. The predicted molar refractivity (Wildman–Crippen MR) is 116 cm³/mol. The summed E-state index contributed by atoms with van der Waals surface area (Å²) in [6.07, 6.45) is 0.229. The van der Waals surface area contributed by atoms with Gasteiger partial charge in [-0.3, -0.25) is 9.59 Å². The Morgan fingerprint density at radius 3 is 2.48 bits per heavy atom. The third-order valence-corrected chi connectivity index (χ3v) is 6.08. The zero-order chi connectivity index (χ0) is 21.1. The van der Waals surface area contributed by atoms with Crippen LogP contribution in [0.25, 0.3) is 10.2 Å². The quantitative estimate of drug-likeness (QED) is 0.593. The third kappa shape index (κ3) is 4.82. The number of rotatable bonds is 5. The van der Waals surface area contributed by atoms with E-state index < -0.39 is 0 Å². The maximum absolute atomic E-state index is 12.7. The number of aryl methyl sites for hydroxylation is 4. The van der Waals surface area contributed by atoms with Crippen LogP contribution in [0.2, 0.25) is 0 Å². The number of hydrogen-bond donors (Lipinski definition) is 0. The van der Waals surface area contributed by atoms with Crippen molar-refractivity contribution in [2.45, 2.75) is 47.6 Å². The van der Waals surface area contributed by atoms with Crippen molar-refractivity contribution in [3.8, 4) is 0 Å². The molecule has 0 bridgehead atoms. The van der Waals surface area contributed by atoms with Gasteiger partial charge in [-0.05, 0) is 68.5 Å². The Bertz CT molecular complexity index is 1150. The molecule has 0 N–H and O–H groups in total. The van der Waals surface area contributed by atoms with Crippen LogP contribution in [0.4, 0.5) is 0 Å². The highest BCUT2D eigenvalue weighted by molar-refractivity contribution is 7.16. The lowest BCUT2D eigenvalue weighted by Gasteiger charge is -2.06. The molecular weight excluding hydrogens is 384 g/mol. The maximum atomic E-state index is 12.7. The summed E-state index contributed by atoms with van der Waals surface area (Å²) in [6.45, 7) is 10.3. The van der Waals surface area contributed by atoms with Crippen molar-refractivity contribution in [2.24, 2.45) is 4.99 Å². The summed E-state index contributed by atoms with van der Waals surface area (Å²) < 4.78 is 7.94. The number of thiazole rings is 1. The highest BCUT2D eigenvalue weighted by Crippen LogP contribution is 2.23. The highest BCUT2D eigenvalue weighted by atomic mass is 32.1. The van der Waals surface area contributed by atoms with E-state index in [0.717, 1.165) is 32.5 Å². The molecule has 3 aromatic rings. The Hall–Kier alpha value is -2.73. The number of esters is 1. The van der Waals surface area contributed by atoms with Gasteiger partial charge in [-0.25, -0.2) is 0 Å². The highest BCUT2D eigenvalue weighted by Gasteiger charge is 2.14. The fraction of sp³-hybridized carbons (Fsp3) is 0.348. The molecule has 152 valence electrons. The minimum absolute atomic E-state index is 0.0342. The van der Waals surface area contributed by atoms with Crippen LogP contribution in [0.5, 0.6) is 0 Å². The zero-order valence-electron chi connectivity index (χ0n) is 17.5. The molecule has 0 saturated carbocycles. The number of hydrogen-bond acceptors (Lipinski definition) is 4. The minimum atomic E-state index is -0.339. The van der Waals surface area contributed by atoms with Crippen LogP contribution in [-0.4, -0.2) is 23.1 Å². The van der Waals surface area contributed by atoms with E-state index in [1.54, 1.807) is 11.5 Å². The van der Waals surface area contributed by atoms with Gasteiger partial charge in [-0.15, -0.1) is 0 Å². The van der Waals surface area contributed by atoms with Crippen molar-refractivity contribution < 1.29 is 14.3 Å². The van der Waals surface area contributed by atoms with E-state index in [4.69, 9.17) is 4.74 Å². The van der Waals surface area contributed by atoms with Crippen LogP contribution in [0.1, 0.15) is 34.7 Å². The van der Waals surface area contributed by atoms with Crippen molar-refractivity contribution in [3.63, 3.8) is 0 Å². The SMILES string of the molecule is CCOC(=O)Cn1c(=NC(=O)Cc2ccc(C)c(C)c2)sc2c(C)cc(C)cc21. The van der Waals surface area contributed by atoms with Gasteiger partial charge >= 0.3 is 5.97 Å². The molecule has 5 nitrogen and oxygen atoms in total. The minimum Gasteiger partial charge on any atom is -0.465 e. The molecular formula is C23H26N2O3S. The molecule has 3 rings (SSSR count). The monoisotopic (exact) mass is 410 g/mol. The first-order valence-electron chi connectivity index (χ1n) is 9.68. The number of ether oxygens (including phenoxy) is 1. The molecule has 0 fully saturated rings. The van der Waals surface area contributed by atoms with E-state index in [2.05, 4.69) is 11.1 Å². The molecule has 6 heteroatoms. The fourth-order valence-corrected chi connectivity index (χ4v) is 4.42. The smallest absolute Gasteiger partial charge is 0.326 e. The van der Waals surface area contributed by atoms with Gasteiger partial charge in [0, 0.05) is 0 Å². The van der Waals surface area contributed by atoms with Crippen LogP contribution in [0.15, 0.2) is 35.3 Å². The first-order chi connectivity index (χ1) is 13.8. The largest absolute Gasteiger partial charge is 0.465 e. The normalized spacial score (nSPS) is 11.8. The van der Waals surface area contributed by atoms with Crippen LogP contribution in [0.3, 0.4) is 0 Å². The van der Waals surface area contributed by atoms with E-state index in [1.165, 1.54) is 16.9 Å². The first-order valence-corrected chi connectivity index (χ1v) is 10.5. The second kappa shape index (κ2) is 8.74. The van der Waals surface area contributed by atoms with Gasteiger partial charge in [-0.1, -0.05) is 35.6 Å². The van der Waals surface area contributed by atoms with Crippen LogP contribution < -0.4 is 4.80 Å². The fourth-order valence-electron chi connectivity index (χ4n) is 3.32. The first kappa shape index (κ1) is 21.0. The number of carbonyl (C=O) groups is 2. The van der Waals surface area contributed by atoms with Gasteiger partial charge in [-0.2, -0.15) is 4.99 Å². The molecule has 0 aliphatic heterocycles. The van der Waals surface area contributed by atoms with Crippen molar-refractivity contribution in [3.05, 3.63) is 63.0 Å². The van der Waals surface area contributed by atoms with Gasteiger partial charge in [0.15, 0.2) is 4.80 Å². The number of nitrogens with zero attached hydrogens (tertiary/aromatic N) is 2. The molecule has 0 radical (unpaired) electrons. The maximum Gasteiger partial charge on any atom is 0.326 e. The summed E-state index contributed by atoms with van der Waals surface area (Å²) in [6, 6.07) is 10.1. The summed E-state index contributed by atoms with van der Waals surface area (Å²) in [7, 11) is 0. The van der Waals surface area contributed by atoms with Gasteiger partial charge in [0.25, 0.3) is 5.91 Å². The average molecular weight is 411 g/mol. The Morgan fingerprint density at radius 1 is 1.03 bits per heavy atom. The third-order valence-electron chi connectivity index (χ3n) is 4.85. The lowest BCUT2D eigenvalue weighted by molar-refractivity contribution is -0.143. The van der Waals surface area contributed by atoms with Crippen molar-refractivity contribution in [2.75, 3.05) is 6.61 Å². The number of amides is 1. The van der Waals surface area contributed by atoms with Crippen LogP contribution in [0, 0.1) is 27.7 Å². The van der Waals surface area contributed by atoms with Crippen molar-refractivity contribution in [1.82, 2.24) is 4.57 Å². The summed E-state index contributed by atoms with van der Waals surface area (Å²) in [5.41, 5.74) is 6.38. The molecule has 0 spiro atoms. The number of aromatic nitrogens is 1. The van der Waals surface area contributed by atoms with E-state index in [-0.39, 0.29) is 24.8 Å². The molecule has 2 aromatic carbocycles. The number of fused-ring (bicyclic) bond motifs is 1. The average Bonchev–Trinajstić information content (AvgIpc) is 2.96. The molecule has 0 aliphatic rings. The molecule has 1 heterocycles. The van der Waals surface area contributed by atoms with Crippen LogP contribution in [-0.2, 0) is 27.3 Å². The topological polar surface area (TPSA) is 60.7 Å². The van der Waals surface area contributed by atoms with E-state index in [9.17, 15) is 9.59 Å². The lowest BCUT2D eigenvalue weighted by Crippen LogP contribution is -2.23. The van der Waals surface area contributed by atoms with Gasteiger partial charge in [0.1, 0.15) is 6.54 Å². The Labute approximate surface area is 174 Å². The van der Waals surface area contributed by atoms with Crippen molar-refractivity contribution >= 4 is 33.4 Å². The molecule has 0 unspecified atom stereocenters. The van der Waals surface area contributed by atoms with E-state index >= 15 is 0 Å². The molecule has 0 saturated heterocycles. The Morgan fingerprint density at radius 2 is 1.79 bits per heavy atom. The van der Waals surface area contributed by atoms with Crippen molar-refractivity contribution in [1.29, 1.82) is 0 Å².